The molecule has 0 saturated heterocycles. The molecule has 1 heterocycles. The first-order chi connectivity index (χ1) is 9.32. The molecule has 0 bridgehead atoms. The number of benzene rings is 1. The highest BCUT2D eigenvalue weighted by atomic mass is 35.5. The molecule has 0 fully saturated rings. The Kier molecular flexibility index (Phi) is 4.03. The zero-order chi connectivity index (χ0) is 14.9. The fourth-order valence-corrected chi connectivity index (χ4v) is 2.80. The van der Waals surface area contributed by atoms with Gasteiger partial charge in [-0.3, -0.25) is 9.10 Å². The molecule has 0 aliphatic rings. The molecule has 0 saturated carbocycles. The van der Waals surface area contributed by atoms with Crippen LogP contribution in [0.3, 0.4) is 0 Å². The van der Waals surface area contributed by atoms with Gasteiger partial charge in [0.15, 0.2) is 5.03 Å². The first-order valence-electron chi connectivity index (χ1n) is 5.32. The van der Waals surface area contributed by atoms with Crippen molar-refractivity contribution in [2.75, 3.05) is 11.4 Å². The van der Waals surface area contributed by atoms with Gasteiger partial charge in [0, 0.05) is 13.1 Å². The molecule has 1 aromatic carbocycles. The summed E-state index contributed by atoms with van der Waals surface area (Å²) >= 11 is 11.6. The van der Waals surface area contributed by atoms with E-state index < -0.39 is 15.6 Å². The standard InChI is InChI=1S/C11H9Cl2N3O3S/c1-16(7-2-3-8(12)9(13)6-7)20(18,19)11-5-4-10(17)14-15-11/h2-6H,1H3,(H,14,17). The van der Waals surface area contributed by atoms with Crippen LogP contribution in [-0.2, 0) is 10.0 Å². The SMILES string of the molecule is CN(c1ccc(Cl)c(Cl)c1)S(=O)(=O)c1ccc(=O)[nH]n1. The summed E-state index contributed by atoms with van der Waals surface area (Å²) in [5.74, 6) is 0. The molecular formula is C11H9Cl2N3O3S. The third kappa shape index (κ3) is 2.79. The van der Waals surface area contributed by atoms with E-state index >= 15 is 0 Å². The van der Waals surface area contributed by atoms with Crippen LogP contribution in [0.4, 0.5) is 5.69 Å². The van der Waals surface area contributed by atoms with Gasteiger partial charge < -0.3 is 0 Å². The molecule has 6 nitrogen and oxygen atoms in total. The zero-order valence-corrected chi connectivity index (χ0v) is 12.5. The summed E-state index contributed by atoms with van der Waals surface area (Å²) in [5.41, 5.74) is -0.159. The van der Waals surface area contributed by atoms with Crippen molar-refractivity contribution < 1.29 is 8.42 Å². The van der Waals surface area contributed by atoms with Crippen molar-refractivity contribution in [1.82, 2.24) is 10.2 Å². The Morgan fingerprint density at radius 2 is 1.85 bits per heavy atom. The number of hydrogen-bond donors (Lipinski definition) is 1. The second kappa shape index (κ2) is 5.43. The summed E-state index contributed by atoms with van der Waals surface area (Å²) < 4.78 is 25.6. The lowest BCUT2D eigenvalue weighted by Gasteiger charge is -2.18. The molecule has 0 atom stereocenters. The van der Waals surface area contributed by atoms with E-state index in [0.717, 1.165) is 16.4 Å². The zero-order valence-electron chi connectivity index (χ0n) is 10.2. The van der Waals surface area contributed by atoms with Crippen LogP contribution in [0.2, 0.25) is 10.0 Å². The second-order valence-corrected chi connectivity index (χ2v) is 6.56. The number of anilines is 1. The van der Waals surface area contributed by atoms with Gasteiger partial charge in [-0.2, -0.15) is 13.5 Å². The third-order valence-corrected chi connectivity index (χ3v) is 4.97. The fraction of sp³-hybridized carbons (Fsp3) is 0.0909. The Morgan fingerprint density at radius 3 is 2.40 bits per heavy atom. The number of aromatic nitrogens is 2. The number of nitrogens with one attached hydrogen (secondary N) is 1. The van der Waals surface area contributed by atoms with Gasteiger partial charge in [0.05, 0.1) is 15.7 Å². The van der Waals surface area contributed by atoms with E-state index in [0.29, 0.717) is 10.7 Å². The molecule has 0 spiro atoms. The predicted octanol–water partition coefficient (Wildman–Crippen LogP) is 1.90. The minimum atomic E-state index is -3.89. The second-order valence-electron chi connectivity index (χ2n) is 3.83. The van der Waals surface area contributed by atoms with Crippen LogP contribution in [-0.4, -0.2) is 25.7 Å². The summed E-state index contributed by atoms with van der Waals surface area (Å²) in [6, 6.07) is 6.64. The van der Waals surface area contributed by atoms with E-state index in [1.165, 1.54) is 25.2 Å². The van der Waals surface area contributed by atoms with Crippen LogP contribution in [0.15, 0.2) is 40.2 Å². The van der Waals surface area contributed by atoms with Crippen molar-refractivity contribution in [1.29, 1.82) is 0 Å². The van der Waals surface area contributed by atoms with Gasteiger partial charge in [0.1, 0.15) is 0 Å². The topological polar surface area (TPSA) is 83.1 Å². The number of hydrogen-bond acceptors (Lipinski definition) is 4. The maximum Gasteiger partial charge on any atom is 0.283 e. The summed E-state index contributed by atoms with van der Waals surface area (Å²) in [5, 5.41) is 5.87. The Hall–Kier alpha value is -1.57. The minimum Gasteiger partial charge on any atom is -0.268 e. The van der Waals surface area contributed by atoms with E-state index in [2.05, 4.69) is 10.2 Å². The molecule has 0 aliphatic carbocycles. The van der Waals surface area contributed by atoms with Crippen LogP contribution < -0.4 is 9.86 Å². The van der Waals surface area contributed by atoms with Gasteiger partial charge in [-0.25, -0.2) is 5.10 Å². The maximum atomic E-state index is 12.3. The lowest BCUT2D eigenvalue weighted by molar-refractivity contribution is 0.588. The molecule has 9 heteroatoms. The number of aromatic amines is 1. The lowest BCUT2D eigenvalue weighted by Crippen LogP contribution is -2.28. The number of halogens is 2. The average Bonchev–Trinajstić information content (AvgIpc) is 2.41. The van der Waals surface area contributed by atoms with Gasteiger partial charge in [-0.05, 0) is 24.3 Å². The van der Waals surface area contributed by atoms with E-state index in [1.54, 1.807) is 0 Å². The van der Waals surface area contributed by atoms with Crippen molar-refractivity contribution >= 4 is 38.9 Å². The molecule has 0 unspecified atom stereocenters. The van der Waals surface area contributed by atoms with Crippen LogP contribution >= 0.6 is 23.2 Å². The number of rotatable bonds is 3. The molecule has 2 rings (SSSR count). The third-order valence-electron chi connectivity index (χ3n) is 2.55. The molecule has 0 aliphatic heterocycles. The van der Waals surface area contributed by atoms with E-state index in [4.69, 9.17) is 23.2 Å². The highest BCUT2D eigenvalue weighted by Gasteiger charge is 2.23. The molecule has 1 N–H and O–H groups in total. The highest BCUT2D eigenvalue weighted by Crippen LogP contribution is 2.28. The highest BCUT2D eigenvalue weighted by molar-refractivity contribution is 7.92. The first kappa shape index (κ1) is 14.8. The van der Waals surface area contributed by atoms with E-state index in [9.17, 15) is 13.2 Å². The fourth-order valence-electron chi connectivity index (χ4n) is 1.44. The van der Waals surface area contributed by atoms with Crippen LogP contribution in [0.25, 0.3) is 0 Å². The number of nitrogens with zero attached hydrogens (tertiary/aromatic N) is 2. The maximum absolute atomic E-state index is 12.3. The summed E-state index contributed by atoms with van der Waals surface area (Å²) in [6.45, 7) is 0. The van der Waals surface area contributed by atoms with Crippen LogP contribution in [0.5, 0.6) is 0 Å². The Morgan fingerprint density at radius 1 is 1.15 bits per heavy atom. The van der Waals surface area contributed by atoms with Gasteiger partial charge in [-0.1, -0.05) is 23.2 Å². The molecule has 20 heavy (non-hydrogen) atoms. The molecular weight excluding hydrogens is 325 g/mol. The minimum absolute atomic E-state index is 0.237. The average molecular weight is 334 g/mol. The van der Waals surface area contributed by atoms with Crippen LogP contribution in [0.1, 0.15) is 0 Å². The van der Waals surface area contributed by atoms with Gasteiger partial charge in [0.2, 0.25) is 0 Å². The van der Waals surface area contributed by atoms with Gasteiger partial charge in [-0.15, -0.1) is 0 Å². The first-order valence-corrected chi connectivity index (χ1v) is 7.51. The van der Waals surface area contributed by atoms with Crippen molar-refractivity contribution in [2.45, 2.75) is 5.03 Å². The summed E-state index contributed by atoms with van der Waals surface area (Å²) in [6.07, 6.45) is 0. The molecule has 2 aromatic rings. The van der Waals surface area contributed by atoms with Crippen molar-refractivity contribution in [3.8, 4) is 0 Å². The lowest BCUT2D eigenvalue weighted by atomic mass is 10.3. The van der Waals surface area contributed by atoms with Gasteiger partial charge in [0.25, 0.3) is 15.6 Å². The van der Waals surface area contributed by atoms with Crippen molar-refractivity contribution in [2.24, 2.45) is 0 Å². The molecule has 0 radical (unpaired) electrons. The Bertz CT molecular complexity index is 784. The quantitative estimate of drug-likeness (QED) is 0.929. The van der Waals surface area contributed by atoms with Crippen molar-refractivity contribution in [3.63, 3.8) is 0 Å². The Labute approximate surface area is 125 Å². The monoisotopic (exact) mass is 333 g/mol. The summed E-state index contributed by atoms with van der Waals surface area (Å²) in [4.78, 5) is 10.9. The number of sulfonamides is 1. The van der Waals surface area contributed by atoms with E-state index in [-0.39, 0.29) is 10.0 Å². The predicted molar refractivity (Wildman–Crippen MR) is 76.9 cm³/mol. The van der Waals surface area contributed by atoms with E-state index in [1.807, 2.05) is 0 Å². The largest absolute Gasteiger partial charge is 0.283 e. The number of H-pyrrole nitrogens is 1. The molecule has 1 aromatic heterocycles. The summed E-state index contributed by atoms with van der Waals surface area (Å²) in [7, 11) is -2.54. The van der Waals surface area contributed by atoms with Gasteiger partial charge >= 0.3 is 0 Å². The van der Waals surface area contributed by atoms with Crippen molar-refractivity contribution in [3.05, 3.63) is 50.7 Å². The Balaban J connectivity index is 2.45. The smallest absolute Gasteiger partial charge is 0.268 e. The molecule has 0 amide bonds. The van der Waals surface area contributed by atoms with Crippen LogP contribution in [0, 0.1) is 0 Å². The molecule has 106 valence electrons. The normalized spacial score (nSPS) is 11.3.